The van der Waals surface area contributed by atoms with Crippen LogP contribution in [0.3, 0.4) is 0 Å². The van der Waals surface area contributed by atoms with E-state index in [0.29, 0.717) is 6.04 Å². The molecule has 0 radical (unpaired) electrons. The van der Waals surface area contributed by atoms with Gasteiger partial charge in [0.05, 0.1) is 12.5 Å². The second-order valence-corrected chi connectivity index (χ2v) is 4.63. The highest BCUT2D eigenvalue weighted by molar-refractivity contribution is 5.04. The molecule has 1 heterocycles. The number of nitrogens with one attached hydrogen (secondary N) is 1. The van der Waals surface area contributed by atoms with Gasteiger partial charge in [0.1, 0.15) is 0 Å². The zero-order valence-electron chi connectivity index (χ0n) is 9.57. The Morgan fingerprint density at radius 1 is 1.53 bits per heavy atom. The molecular formula is C12H20N2O. The minimum Gasteiger partial charge on any atom is -0.472 e. The molecule has 1 aliphatic carbocycles. The normalized spacial score (nSPS) is 18.3. The lowest BCUT2D eigenvalue weighted by molar-refractivity contribution is 0.255. The van der Waals surface area contributed by atoms with Crippen LogP contribution in [0.5, 0.6) is 0 Å². The van der Waals surface area contributed by atoms with E-state index in [-0.39, 0.29) is 0 Å². The smallest absolute Gasteiger partial charge is 0.0947 e. The Labute approximate surface area is 91.4 Å². The first-order valence-corrected chi connectivity index (χ1v) is 5.65. The van der Waals surface area contributed by atoms with Gasteiger partial charge in [0.25, 0.3) is 0 Å². The Bertz CT molecular complexity index is 276. The summed E-state index contributed by atoms with van der Waals surface area (Å²) in [7, 11) is 4.34. The molecule has 3 heteroatoms. The summed E-state index contributed by atoms with van der Waals surface area (Å²) in [5.41, 5.74) is 1.23. The Morgan fingerprint density at radius 3 is 2.87 bits per heavy atom. The fourth-order valence-corrected chi connectivity index (χ4v) is 2.01. The van der Waals surface area contributed by atoms with Crippen molar-refractivity contribution in [1.29, 1.82) is 0 Å². The average molecular weight is 208 g/mol. The predicted molar refractivity (Wildman–Crippen MR) is 60.6 cm³/mol. The van der Waals surface area contributed by atoms with Gasteiger partial charge in [0.15, 0.2) is 0 Å². The maximum Gasteiger partial charge on any atom is 0.0947 e. The van der Waals surface area contributed by atoms with Crippen molar-refractivity contribution in [2.45, 2.75) is 25.4 Å². The van der Waals surface area contributed by atoms with Gasteiger partial charge in [-0.1, -0.05) is 0 Å². The van der Waals surface area contributed by atoms with E-state index in [0.717, 1.165) is 19.0 Å². The summed E-state index contributed by atoms with van der Waals surface area (Å²) in [6.45, 7) is 1.98. The Kier molecular flexibility index (Phi) is 3.44. The Balaban J connectivity index is 1.71. The fraction of sp³-hybridized carbons (Fsp3) is 0.667. The first-order valence-electron chi connectivity index (χ1n) is 5.65. The zero-order chi connectivity index (χ0) is 10.7. The number of hydrogen-bond donors (Lipinski definition) is 1. The molecule has 1 fully saturated rings. The van der Waals surface area contributed by atoms with Crippen molar-refractivity contribution >= 4 is 0 Å². The monoisotopic (exact) mass is 208 g/mol. The minimum absolute atomic E-state index is 0.692. The first kappa shape index (κ1) is 10.7. The third-order valence-electron chi connectivity index (χ3n) is 3.09. The Morgan fingerprint density at radius 2 is 2.33 bits per heavy atom. The van der Waals surface area contributed by atoms with Gasteiger partial charge in [-0.25, -0.2) is 0 Å². The third kappa shape index (κ3) is 3.08. The highest BCUT2D eigenvalue weighted by Crippen LogP contribution is 2.34. The summed E-state index contributed by atoms with van der Waals surface area (Å²) in [6.07, 6.45) is 6.32. The predicted octanol–water partition coefficient (Wildman–Crippen LogP) is 1.71. The molecule has 1 N–H and O–H groups in total. The van der Waals surface area contributed by atoms with Crippen LogP contribution in [0.25, 0.3) is 0 Å². The maximum atomic E-state index is 5.03. The van der Waals surface area contributed by atoms with Crippen LogP contribution in [0.1, 0.15) is 18.4 Å². The number of rotatable bonds is 6. The van der Waals surface area contributed by atoms with E-state index in [1.54, 1.807) is 12.5 Å². The second kappa shape index (κ2) is 4.81. The van der Waals surface area contributed by atoms with Gasteiger partial charge in [-0.05, 0) is 38.9 Å². The summed E-state index contributed by atoms with van der Waals surface area (Å²) >= 11 is 0. The highest BCUT2D eigenvalue weighted by Gasteiger charge is 2.31. The largest absolute Gasteiger partial charge is 0.472 e. The number of furan rings is 1. The summed E-state index contributed by atoms with van der Waals surface area (Å²) in [5, 5.41) is 3.49. The van der Waals surface area contributed by atoms with Crippen LogP contribution in [0.2, 0.25) is 0 Å². The molecule has 0 bridgehead atoms. The second-order valence-electron chi connectivity index (χ2n) is 4.63. The van der Waals surface area contributed by atoms with Crippen molar-refractivity contribution in [3.05, 3.63) is 24.2 Å². The van der Waals surface area contributed by atoms with E-state index in [1.165, 1.54) is 18.4 Å². The molecule has 0 amide bonds. The standard InChI is InChI=1S/C12H20N2O/c1-14(2)12(11-3-4-11)8-13-7-10-5-6-15-9-10/h5-6,9,11-13H,3-4,7-8H2,1-2H3. The van der Waals surface area contributed by atoms with Crippen LogP contribution in [-0.2, 0) is 6.54 Å². The number of likely N-dealkylation sites (N-methyl/N-ethyl adjacent to an activating group) is 1. The zero-order valence-corrected chi connectivity index (χ0v) is 9.57. The molecule has 1 saturated carbocycles. The molecule has 1 unspecified atom stereocenters. The van der Waals surface area contributed by atoms with Crippen molar-refractivity contribution in [1.82, 2.24) is 10.2 Å². The van der Waals surface area contributed by atoms with E-state index >= 15 is 0 Å². The number of hydrogen-bond acceptors (Lipinski definition) is 3. The minimum atomic E-state index is 0.692. The Hall–Kier alpha value is -0.800. The summed E-state index contributed by atoms with van der Waals surface area (Å²) < 4.78 is 5.03. The van der Waals surface area contributed by atoms with Crippen LogP contribution in [-0.4, -0.2) is 31.6 Å². The molecule has 0 saturated heterocycles. The summed E-state index contributed by atoms with van der Waals surface area (Å²) in [4.78, 5) is 2.33. The third-order valence-corrected chi connectivity index (χ3v) is 3.09. The number of nitrogens with zero attached hydrogens (tertiary/aromatic N) is 1. The van der Waals surface area contributed by atoms with Gasteiger partial charge in [0.2, 0.25) is 0 Å². The van der Waals surface area contributed by atoms with E-state index in [4.69, 9.17) is 4.42 Å². The molecule has 2 rings (SSSR count). The van der Waals surface area contributed by atoms with Crippen LogP contribution < -0.4 is 5.32 Å². The molecule has 0 aliphatic heterocycles. The highest BCUT2D eigenvalue weighted by atomic mass is 16.3. The quantitative estimate of drug-likeness (QED) is 0.771. The van der Waals surface area contributed by atoms with Gasteiger partial charge < -0.3 is 14.6 Å². The van der Waals surface area contributed by atoms with Crippen LogP contribution in [0.4, 0.5) is 0 Å². The summed E-state index contributed by atoms with van der Waals surface area (Å²) in [6, 6.07) is 2.70. The lowest BCUT2D eigenvalue weighted by Crippen LogP contribution is -2.39. The van der Waals surface area contributed by atoms with Gasteiger partial charge in [-0.2, -0.15) is 0 Å². The maximum absolute atomic E-state index is 5.03. The van der Waals surface area contributed by atoms with Gasteiger partial charge in [0, 0.05) is 24.7 Å². The van der Waals surface area contributed by atoms with Crippen molar-refractivity contribution in [2.24, 2.45) is 5.92 Å². The van der Waals surface area contributed by atoms with Gasteiger partial charge in [-0.15, -0.1) is 0 Å². The molecule has 1 atom stereocenters. The molecule has 15 heavy (non-hydrogen) atoms. The molecule has 1 aromatic rings. The fourth-order valence-electron chi connectivity index (χ4n) is 2.01. The lowest BCUT2D eigenvalue weighted by atomic mass is 10.1. The van der Waals surface area contributed by atoms with Crippen LogP contribution in [0.15, 0.2) is 23.0 Å². The molecular weight excluding hydrogens is 188 g/mol. The van der Waals surface area contributed by atoms with Gasteiger partial charge >= 0.3 is 0 Å². The van der Waals surface area contributed by atoms with E-state index in [9.17, 15) is 0 Å². The van der Waals surface area contributed by atoms with E-state index in [1.807, 2.05) is 6.07 Å². The average Bonchev–Trinajstić information content (AvgIpc) is 2.89. The van der Waals surface area contributed by atoms with Crippen molar-refractivity contribution < 1.29 is 4.42 Å². The van der Waals surface area contributed by atoms with Crippen LogP contribution in [0, 0.1) is 5.92 Å². The molecule has 3 nitrogen and oxygen atoms in total. The molecule has 84 valence electrons. The van der Waals surface area contributed by atoms with Crippen molar-refractivity contribution in [3.8, 4) is 0 Å². The van der Waals surface area contributed by atoms with Crippen molar-refractivity contribution in [3.63, 3.8) is 0 Å². The topological polar surface area (TPSA) is 28.4 Å². The van der Waals surface area contributed by atoms with Gasteiger partial charge in [-0.3, -0.25) is 0 Å². The summed E-state index contributed by atoms with van der Waals surface area (Å²) in [5.74, 6) is 0.914. The van der Waals surface area contributed by atoms with E-state index < -0.39 is 0 Å². The molecule has 0 spiro atoms. The van der Waals surface area contributed by atoms with Crippen LogP contribution >= 0.6 is 0 Å². The first-order chi connectivity index (χ1) is 7.27. The van der Waals surface area contributed by atoms with Crippen molar-refractivity contribution in [2.75, 3.05) is 20.6 Å². The lowest BCUT2D eigenvalue weighted by Gasteiger charge is -2.24. The molecule has 0 aromatic carbocycles. The SMILES string of the molecule is CN(C)C(CNCc1ccoc1)C1CC1. The van der Waals surface area contributed by atoms with E-state index in [2.05, 4.69) is 24.3 Å². The molecule has 1 aromatic heterocycles. The molecule has 1 aliphatic rings.